The average Bonchev–Trinajstić information content (AvgIpc) is 2.74. The molecule has 2 aromatic carbocycles. The first-order chi connectivity index (χ1) is 10.2. The highest BCUT2D eigenvalue weighted by molar-refractivity contribution is 14.1. The molecule has 0 unspecified atom stereocenters. The molecule has 0 fully saturated rings. The van der Waals surface area contributed by atoms with Crippen LogP contribution in [0.5, 0.6) is 5.75 Å². The van der Waals surface area contributed by atoms with E-state index in [-0.39, 0.29) is 25.0 Å². The van der Waals surface area contributed by atoms with E-state index in [2.05, 4.69) is 22.6 Å². The van der Waals surface area contributed by atoms with E-state index in [1.165, 1.54) is 4.90 Å². The summed E-state index contributed by atoms with van der Waals surface area (Å²) in [6.07, 6.45) is 0. The first kappa shape index (κ1) is 14.1. The molecule has 0 aromatic heterocycles. The van der Waals surface area contributed by atoms with Crippen molar-refractivity contribution in [3.05, 3.63) is 63.2 Å². The van der Waals surface area contributed by atoms with Gasteiger partial charge in [0.05, 0.1) is 21.2 Å². The Kier molecular flexibility index (Phi) is 3.92. The summed E-state index contributed by atoms with van der Waals surface area (Å²) in [7, 11) is 0. The number of para-hydroxylation sites is 1. The van der Waals surface area contributed by atoms with Gasteiger partial charge in [0.1, 0.15) is 12.4 Å². The number of ether oxygens (including phenoxy) is 1. The first-order valence-corrected chi connectivity index (χ1v) is 7.59. The van der Waals surface area contributed by atoms with Crippen LogP contribution in [0.25, 0.3) is 0 Å². The van der Waals surface area contributed by atoms with Crippen molar-refractivity contribution < 1.29 is 14.3 Å². The van der Waals surface area contributed by atoms with Crippen LogP contribution in [0, 0.1) is 3.57 Å². The number of nitrogens with zero attached hydrogens (tertiary/aromatic N) is 1. The molecule has 0 spiro atoms. The molecule has 0 saturated carbocycles. The highest BCUT2D eigenvalue weighted by Gasteiger charge is 2.34. The number of imide groups is 1. The Morgan fingerprint density at radius 3 is 2.10 bits per heavy atom. The van der Waals surface area contributed by atoms with Crippen LogP contribution in [-0.4, -0.2) is 29.9 Å². The maximum atomic E-state index is 12.2. The standard InChI is InChI=1S/C16H12INO3/c17-13-7-3-4-8-14(13)21-10-9-18-15(19)11-5-1-2-6-12(11)16(18)20/h1-8H,9-10H2. The van der Waals surface area contributed by atoms with Gasteiger partial charge in [-0.1, -0.05) is 24.3 Å². The third-order valence-corrected chi connectivity index (χ3v) is 4.18. The minimum absolute atomic E-state index is 0.247. The van der Waals surface area contributed by atoms with Crippen LogP contribution >= 0.6 is 22.6 Å². The minimum atomic E-state index is -0.248. The smallest absolute Gasteiger partial charge is 0.261 e. The normalized spacial score (nSPS) is 13.5. The summed E-state index contributed by atoms with van der Waals surface area (Å²) >= 11 is 2.18. The van der Waals surface area contributed by atoms with Crippen LogP contribution in [0.2, 0.25) is 0 Å². The Morgan fingerprint density at radius 1 is 0.905 bits per heavy atom. The summed E-state index contributed by atoms with van der Waals surface area (Å²) in [6.45, 7) is 0.531. The van der Waals surface area contributed by atoms with Crippen LogP contribution < -0.4 is 4.74 Å². The lowest BCUT2D eigenvalue weighted by atomic mass is 10.1. The van der Waals surface area contributed by atoms with E-state index < -0.39 is 0 Å². The summed E-state index contributed by atoms with van der Waals surface area (Å²) in [5, 5.41) is 0. The van der Waals surface area contributed by atoms with Gasteiger partial charge in [0.15, 0.2) is 0 Å². The molecular formula is C16H12INO3. The lowest BCUT2D eigenvalue weighted by Gasteiger charge is -2.14. The molecule has 2 amide bonds. The zero-order valence-corrected chi connectivity index (χ0v) is 13.2. The second kappa shape index (κ2) is 5.85. The fraction of sp³-hybridized carbons (Fsp3) is 0.125. The highest BCUT2D eigenvalue weighted by atomic mass is 127. The Balaban J connectivity index is 1.66. The summed E-state index contributed by atoms with van der Waals surface area (Å²) < 4.78 is 6.64. The Hall–Kier alpha value is -1.89. The van der Waals surface area contributed by atoms with E-state index >= 15 is 0 Å². The van der Waals surface area contributed by atoms with Gasteiger partial charge < -0.3 is 4.74 Å². The fourth-order valence-electron chi connectivity index (χ4n) is 2.25. The van der Waals surface area contributed by atoms with Crippen LogP contribution in [0.3, 0.4) is 0 Å². The summed E-state index contributed by atoms with van der Waals surface area (Å²) in [4.78, 5) is 25.6. The molecule has 0 N–H and O–H groups in total. The number of hydrogen-bond acceptors (Lipinski definition) is 3. The molecule has 0 aliphatic carbocycles. The minimum Gasteiger partial charge on any atom is -0.491 e. The predicted octanol–water partition coefficient (Wildman–Crippen LogP) is 2.97. The average molecular weight is 393 g/mol. The van der Waals surface area contributed by atoms with E-state index in [0.717, 1.165) is 9.32 Å². The molecule has 5 heteroatoms. The second-order valence-corrected chi connectivity index (χ2v) is 5.75. The summed E-state index contributed by atoms with van der Waals surface area (Å²) in [6, 6.07) is 14.5. The molecule has 4 nitrogen and oxygen atoms in total. The highest BCUT2D eigenvalue weighted by Crippen LogP contribution is 2.23. The van der Waals surface area contributed by atoms with Gasteiger partial charge in [0, 0.05) is 0 Å². The number of carbonyl (C=O) groups is 2. The van der Waals surface area contributed by atoms with Crippen molar-refractivity contribution in [2.45, 2.75) is 0 Å². The van der Waals surface area contributed by atoms with Crippen LogP contribution in [0.15, 0.2) is 48.5 Å². The molecule has 1 aliphatic rings. The number of rotatable bonds is 4. The quantitative estimate of drug-likeness (QED) is 0.593. The Bertz CT molecular complexity index is 679. The molecular weight excluding hydrogens is 381 g/mol. The second-order valence-electron chi connectivity index (χ2n) is 4.59. The van der Waals surface area contributed by atoms with Crippen molar-refractivity contribution in [2.75, 3.05) is 13.2 Å². The van der Waals surface area contributed by atoms with Crippen LogP contribution in [0.1, 0.15) is 20.7 Å². The predicted molar refractivity (Wildman–Crippen MR) is 86.5 cm³/mol. The molecule has 21 heavy (non-hydrogen) atoms. The molecule has 0 saturated heterocycles. The number of hydrogen-bond donors (Lipinski definition) is 0. The molecule has 0 bridgehead atoms. The number of carbonyl (C=O) groups excluding carboxylic acids is 2. The number of benzene rings is 2. The molecule has 0 atom stereocenters. The van der Waals surface area contributed by atoms with Gasteiger partial charge in [-0.15, -0.1) is 0 Å². The van der Waals surface area contributed by atoms with Gasteiger partial charge in [0.2, 0.25) is 0 Å². The summed E-state index contributed by atoms with van der Waals surface area (Å²) in [5.41, 5.74) is 0.939. The van der Waals surface area contributed by atoms with Crippen LogP contribution in [0.4, 0.5) is 0 Å². The fourth-order valence-corrected chi connectivity index (χ4v) is 2.79. The largest absolute Gasteiger partial charge is 0.491 e. The van der Waals surface area contributed by atoms with E-state index in [4.69, 9.17) is 4.74 Å². The molecule has 0 radical (unpaired) electrons. The van der Waals surface area contributed by atoms with Crippen molar-refractivity contribution >= 4 is 34.4 Å². The molecule has 3 rings (SSSR count). The van der Waals surface area contributed by atoms with Crippen LogP contribution in [-0.2, 0) is 0 Å². The molecule has 106 valence electrons. The van der Waals surface area contributed by atoms with Crippen molar-refractivity contribution in [2.24, 2.45) is 0 Å². The number of fused-ring (bicyclic) bond motifs is 1. The molecule has 1 aliphatic heterocycles. The third kappa shape index (κ3) is 2.65. The zero-order chi connectivity index (χ0) is 14.8. The van der Waals surface area contributed by atoms with Crippen molar-refractivity contribution in [1.82, 2.24) is 4.90 Å². The molecule has 2 aromatic rings. The first-order valence-electron chi connectivity index (χ1n) is 6.51. The maximum Gasteiger partial charge on any atom is 0.261 e. The summed E-state index contributed by atoms with van der Waals surface area (Å²) in [5.74, 6) is 0.263. The van der Waals surface area contributed by atoms with Gasteiger partial charge >= 0.3 is 0 Å². The van der Waals surface area contributed by atoms with Crippen molar-refractivity contribution in [3.63, 3.8) is 0 Å². The van der Waals surface area contributed by atoms with Crippen molar-refractivity contribution in [1.29, 1.82) is 0 Å². The number of amides is 2. The van der Waals surface area contributed by atoms with Crippen molar-refractivity contribution in [3.8, 4) is 5.75 Å². The maximum absolute atomic E-state index is 12.2. The van der Waals surface area contributed by atoms with Gasteiger partial charge in [0.25, 0.3) is 11.8 Å². The SMILES string of the molecule is O=C1c2ccccc2C(=O)N1CCOc1ccccc1I. The van der Waals surface area contributed by atoms with E-state index in [0.29, 0.717) is 11.1 Å². The Labute approximate surface area is 135 Å². The third-order valence-electron chi connectivity index (χ3n) is 3.29. The van der Waals surface area contributed by atoms with Gasteiger partial charge in [-0.25, -0.2) is 0 Å². The lowest BCUT2D eigenvalue weighted by molar-refractivity contribution is 0.0631. The zero-order valence-electron chi connectivity index (χ0n) is 11.1. The van der Waals surface area contributed by atoms with E-state index in [1.807, 2.05) is 24.3 Å². The number of halogens is 1. The monoisotopic (exact) mass is 393 g/mol. The topological polar surface area (TPSA) is 46.6 Å². The van der Waals surface area contributed by atoms with E-state index in [9.17, 15) is 9.59 Å². The Morgan fingerprint density at radius 2 is 1.48 bits per heavy atom. The van der Waals surface area contributed by atoms with Gasteiger partial charge in [-0.05, 0) is 46.9 Å². The lowest BCUT2D eigenvalue weighted by Crippen LogP contribution is -2.33. The van der Waals surface area contributed by atoms with E-state index in [1.54, 1.807) is 24.3 Å². The van der Waals surface area contributed by atoms with Gasteiger partial charge in [-0.3, -0.25) is 14.5 Å². The molecule has 1 heterocycles. The van der Waals surface area contributed by atoms with Gasteiger partial charge in [-0.2, -0.15) is 0 Å².